The number of nitrogens with one attached hydrogen (secondary N) is 1. The molecule has 21 heavy (non-hydrogen) atoms. The molecule has 2 nitrogen and oxygen atoms in total. The molecule has 4 unspecified atom stereocenters. The molecule has 4 rings (SSSR count). The van der Waals surface area contributed by atoms with Gasteiger partial charge in [0.2, 0.25) is 0 Å². The second-order valence-corrected chi connectivity index (χ2v) is 7.19. The van der Waals surface area contributed by atoms with Crippen LogP contribution in [0.25, 0.3) is 0 Å². The van der Waals surface area contributed by atoms with Crippen LogP contribution in [0, 0.1) is 17.8 Å². The summed E-state index contributed by atoms with van der Waals surface area (Å²) in [5.74, 6) is 4.82. The molecule has 2 heteroatoms. The van der Waals surface area contributed by atoms with Crippen molar-refractivity contribution in [1.29, 1.82) is 0 Å². The third-order valence-electron chi connectivity index (χ3n) is 6.18. The number of hydrogen-bond donors (Lipinski definition) is 1. The first-order chi connectivity index (χ1) is 10.4. The number of para-hydroxylation sites is 1. The Hall–Kier alpha value is -1.02. The summed E-state index contributed by atoms with van der Waals surface area (Å²) in [7, 11) is 2.17. The van der Waals surface area contributed by atoms with Gasteiger partial charge in [-0.25, -0.2) is 0 Å². The number of fused-ring (bicyclic) bond motifs is 2. The number of ether oxygens (including phenoxy) is 1. The van der Waals surface area contributed by atoms with Gasteiger partial charge in [0.05, 0.1) is 6.61 Å². The van der Waals surface area contributed by atoms with E-state index < -0.39 is 0 Å². The van der Waals surface area contributed by atoms with E-state index in [1.807, 2.05) is 0 Å². The molecule has 2 saturated carbocycles. The van der Waals surface area contributed by atoms with Gasteiger partial charge in [0.15, 0.2) is 0 Å². The van der Waals surface area contributed by atoms with E-state index >= 15 is 0 Å². The molecule has 0 bridgehead atoms. The highest BCUT2D eigenvalue weighted by atomic mass is 16.5. The summed E-state index contributed by atoms with van der Waals surface area (Å²) >= 11 is 0. The maximum atomic E-state index is 5.82. The average molecular weight is 285 g/mol. The molecule has 1 aromatic carbocycles. The summed E-state index contributed by atoms with van der Waals surface area (Å²) in [6.45, 7) is 0.885. The molecule has 0 saturated heterocycles. The van der Waals surface area contributed by atoms with Crippen molar-refractivity contribution in [2.75, 3.05) is 13.7 Å². The lowest BCUT2D eigenvalue weighted by atomic mass is 9.85. The second kappa shape index (κ2) is 5.64. The fourth-order valence-corrected chi connectivity index (χ4v) is 5.08. The van der Waals surface area contributed by atoms with Crippen LogP contribution >= 0.6 is 0 Å². The second-order valence-electron chi connectivity index (χ2n) is 7.19. The maximum Gasteiger partial charge on any atom is 0.122 e. The molecule has 114 valence electrons. The molecule has 4 atom stereocenters. The molecule has 1 aliphatic heterocycles. The minimum atomic E-state index is 0.676. The van der Waals surface area contributed by atoms with Crippen LogP contribution in [-0.4, -0.2) is 19.7 Å². The maximum absolute atomic E-state index is 5.82. The Morgan fingerprint density at radius 2 is 1.90 bits per heavy atom. The van der Waals surface area contributed by atoms with Gasteiger partial charge in [-0.3, -0.25) is 0 Å². The molecule has 0 radical (unpaired) electrons. The first-order valence-corrected chi connectivity index (χ1v) is 8.77. The Labute approximate surface area is 128 Å². The van der Waals surface area contributed by atoms with E-state index in [1.165, 1.54) is 44.1 Å². The van der Waals surface area contributed by atoms with Crippen molar-refractivity contribution in [1.82, 2.24) is 5.32 Å². The van der Waals surface area contributed by atoms with Crippen LogP contribution in [0.1, 0.15) is 50.0 Å². The van der Waals surface area contributed by atoms with Gasteiger partial charge >= 0.3 is 0 Å². The van der Waals surface area contributed by atoms with Gasteiger partial charge in [0.1, 0.15) is 5.75 Å². The first-order valence-electron chi connectivity index (χ1n) is 8.77. The van der Waals surface area contributed by atoms with E-state index in [9.17, 15) is 0 Å². The molecule has 1 heterocycles. The van der Waals surface area contributed by atoms with Gasteiger partial charge < -0.3 is 10.1 Å². The highest BCUT2D eigenvalue weighted by Crippen LogP contribution is 2.58. The van der Waals surface area contributed by atoms with Gasteiger partial charge in [-0.2, -0.15) is 0 Å². The van der Waals surface area contributed by atoms with Crippen LogP contribution < -0.4 is 10.1 Å². The zero-order valence-electron chi connectivity index (χ0n) is 13.1. The van der Waals surface area contributed by atoms with E-state index in [-0.39, 0.29) is 0 Å². The van der Waals surface area contributed by atoms with Crippen LogP contribution in [-0.2, 0) is 0 Å². The predicted octanol–water partition coefficient (Wildman–Crippen LogP) is 3.97. The minimum Gasteiger partial charge on any atom is -0.493 e. The van der Waals surface area contributed by atoms with Gasteiger partial charge in [0.25, 0.3) is 0 Å². The summed E-state index contributed by atoms with van der Waals surface area (Å²) in [6, 6.07) is 9.35. The quantitative estimate of drug-likeness (QED) is 0.904. The molecule has 0 spiro atoms. The molecular weight excluding hydrogens is 258 g/mol. The largest absolute Gasteiger partial charge is 0.493 e. The molecule has 2 fully saturated rings. The Balaban J connectivity index is 1.48. The molecular formula is C19H27NO. The summed E-state index contributed by atoms with van der Waals surface area (Å²) in [5, 5.41) is 3.66. The van der Waals surface area contributed by atoms with E-state index in [2.05, 4.69) is 36.6 Å². The van der Waals surface area contributed by atoms with Crippen LogP contribution in [0.5, 0.6) is 5.75 Å². The van der Waals surface area contributed by atoms with E-state index in [1.54, 1.807) is 0 Å². The molecule has 1 aromatic rings. The summed E-state index contributed by atoms with van der Waals surface area (Å²) in [4.78, 5) is 0. The monoisotopic (exact) mass is 285 g/mol. The summed E-state index contributed by atoms with van der Waals surface area (Å²) in [5.41, 5.74) is 1.44. The van der Waals surface area contributed by atoms with Gasteiger partial charge in [-0.05, 0) is 68.0 Å². The lowest BCUT2D eigenvalue weighted by molar-refractivity contribution is 0.251. The lowest BCUT2D eigenvalue weighted by Crippen LogP contribution is -2.32. The zero-order chi connectivity index (χ0) is 14.2. The van der Waals surface area contributed by atoms with Gasteiger partial charge in [-0.1, -0.05) is 31.0 Å². The SMILES string of the molecule is CNC(CC1CCOc2ccccc21)C1C2CCCCC21. The van der Waals surface area contributed by atoms with Crippen molar-refractivity contribution < 1.29 is 4.74 Å². The standard InChI is InChI=1S/C19H27NO/c1-20-17(19-15-7-2-3-8-16(15)19)12-13-10-11-21-18-9-5-4-6-14(13)18/h4-6,9,13,15-17,19-20H,2-3,7-8,10-12H2,1H3. The van der Waals surface area contributed by atoms with Crippen molar-refractivity contribution in [3.63, 3.8) is 0 Å². The van der Waals surface area contributed by atoms with Crippen LogP contribution in [0.2, 0.25) is 0 Å². The van der Waals surface area contributed by atoms with Crippen LogP contribution in [0.4, 0.5) is 0 Å². The van der Waals surface area contributed by atoms with Crippen molar-refractivity contribution in [2.24, 2.45) is 17.8 Å². The molecule has 1 N–H and O–H groups in total. The molecule has 2 aliphatic carbocycles. The van der Waals surface area contributed by atoms with Crippen molar-refractivity contribution in [3.8, 4) is 5.75 Å². The van der Waals surface area contributed by atoms with E-state index in [0.717, 1.165) is 30.1 Å². The van der Waals surface area contributed by atoms with Gasteiger partial charge in [-0.15, -0.1) is 0 Å². The molecule has 0 aromatic heterocycles. The fraction of sp³-hybridized carbons (Fsp3) is 0.684. The normalized spacial score (nSPS) is 35.3. The van der Waals surface area contributed by atoms with Crippen molar-refractivity contribution in [3.05, 3.63) is 29.8 Å². The summed E-state index contributed by atoms with van der Waals surface area (Å²) < 4.78 is 5.82. The minimum absolute atomic E-state index is 0.676. The smallest absolute Gasteiger partial charge is 0.122 e. The number of rotatable bonds is 4. The number of benzene rings is 1. The Morgan fingerprint density at radius 1 is 1.14 bits per heavy atom. The topological polar surface area (TPSA) is 21.3 Å². The Bertz CT molecular complexity index is 488. The van der Waals surface area contributed by atoms with Crippen molar-refractivity contribution in [2.45, 2.75) is 50.5 Å². The van der Waals surface area contributed by atoms with E-state index in [0.29, 0.717) is 12.0 Å². The fourth-order valence-electron chi connectivity index (χ4n) is 5.08. The van der Waals surface area contributed by atoms with Gasteiger partial charge in [0, 0.05) is 6.04 Å². The number of hydrogen-bond acceptors (Lipinski definition) is 2. The van der Waals surface area contributed by atoms with E-state index in [4.69, 9.17) is 4.74 Å². The van der Waals surface area contributed by atoms with Crippen molar-refractivity contribution >= 4 is 0 Å². The third-order valence-corrected chi connectivity index (χ3v) is 6.18. The highest BCUT2D eigenvalue weighted by Gasteiger charge is 2.53. The Morgan fingerprint density at radius 3 is 2.67 bits per heavy atom. The predicted molar refractivity (Wildman–Crippen MR) is 85.7 cm³/mol. The first kappa shape index (κ1) is 13.6. The summed E-state index contributed by atoms with van der Waals surface area (Å²) in [6.07, 6.45) is 8.37. The van der Waals surface area contributed by atoms with Crippen LogP contribution in [0.3, 0.4) is 0 Å². The average Bonchev–Trinajstić information content (AvgIpc) is 3.27. The zero-order valence-corrected chi connectivity index (χ0v) is 13.1. The Kier molecular flexibility index (Phi) is 3.66. The lowest BCUT2D eigenvalue weighted by Gasteiger charge is -2.29. The third kappa shape index (κ3) is 2.48. The van der Waals surface area contributed by atoms with Crippen LogP contribution in [0.15, 0.2) is 24.3 Å². The highest BCUT2D eigenvalue weighted by molar-refractivity contribution is 5.37. The molecule has 0 amide bonds. The molecule has 3 aliphatic rings.